The van der Waals surface area contributed by atoms with Crippen molar-refractivity contribution in [1.29, 1.82) is 0 Å². The number of thioether (sulfide) groups is 1. The Bertz CT molecular complexity index is 2260. The molecule has 10 nitrogen and oxygen atoms in total. The van der Waals surface area contributed by atoms with Gasteiger partial charge in [-0.15, -0.1) is 11.8 Å². The van der Waals surface area contributed by atoms with Crippen molar-refractivity contribution < 1.29 is 17.8 Å². The minimum atomic E-state index is -1.49. The van der Waals surface area contributed by atoms with Crippen molar-refractivity contribution in [3.63, 3.8) is 0 Å². The van der Waals surface area contributed by atoms with Gasteiger partial charge in [0.15, 0.2) is 11.5 Å². The molecule has 6 rings (SSSR count). The molecule has 0 radical (unpaired) electrons. The van der Waals surface area contributed by atoms with Gasteiger partial charge in [0, 0.05) is 36.2 Å². The van der Waals surface area contributed by atoms with Crippen LogP contribution in [0.4, 0.5) is 14.6 Å². The maximum atomic E-state index is 14.5. The molecule has 0 aliphatic heterocycles. The summed E-state index contributed by atoms with van der Waals surface area (Å²) < 4.78 is 46.1. The van der Waals surface area contributed by atoms with Crippen molar-refractivity contribution in [2.75, 3.05) is 17.2 Å². The summed E-state index contributed by atoms with van der Waals surface area (Å²) in [6.07, 6.45) is 3.71. The van der Waals surface area contributed by atoms with Crippen LogP contribution in [0.25, 0.3) is 38.9 Å². The van der Waals surface area contributed by atoms with Crippen LogP contribution in [0.2, 0.25) is 5.02 Å². The third kappa shape index (κ3) is 6.35. The molecular formula is C32H26ClF2N7O3S2. The summed E-state index contributed by atoms with van der Waals surface area (Å²) in [6.45, 7) is 0. The lowest BCUT2D eigenvalue weighted by atomic mass is 10.0. The Morgan fingerprint density at radius 2 is 1.83 bits per heavy atom. The number of anilines is 1. The first-order chi connectivity index (χ1) is 22.6. The Hall–Kier alpha value is -4.66. The van der Waals surface area contributed by atoms with Crippen LogP contribution in [0, 0.1) is 11.6 Å². The number of carbonyl (C=O) groups is 1. The first-order valence-corrected chi connectivity index (χ1v) is 17.2. The monoisotopic (exact) mass is 693 g/mol. The highest BCUT2D eigenvalue weighted by Gasteiger charge is 2.26. The lowest BCUT2D eigenvalue weighted by Gasteiger charge is -2.22. The molecule has 0 spiro atoms. The van der Waals surface area contributed by atoms with Crippen LogP contribution in [0.1, 0.15) is 17.4 Å². The molecule has 2 N–H and O–H groups in total. The standard InChI is InChI=1S/C32H26ClF2N7O3S2/c1-41-28-26(10-8-23(33)27(28)30(39-41)40-47(3)45)42-31(25(36-16-43)13-17-11-19(34)15-20(35)12-17)38-29-22(32(42)44)7-9-24(37-29)18-5-4-6-21(14-18)46-2/h4-12,14-16,25H,13H2,1-3H3,(H,36,43)(H,39,40). The van der Waals surface area contributed by atoms with Crippen LogP contribution in [-0.2, 0) is 29.2 Å². The summed E-state index contributed by atoms with van der Waals surface area (Å²) >= 11 is 8.18. The Morgan fingerprint density at radius 1 is 1.06 bits per heavy atom. The predicted octanol–water partition coefficient (Wildman–Crippen LogP) is 5.72. The van der Waals surface area contributed by atoms with Crippen molar-refractivity contribution in [2.24, 2.45) is 7.05 Å². The third-order valence-corrected chi connectivity index (χ3v) is 8.99. The smallest absolute Gasteiger partial charge is 0.267 e. The number of amides is 1. The van der Waals surface area contributed by atoms with E-state index in [2.05, 4.69) is 15.1 Å². The molecule has 2 atom stereocenters. The molecule has 0 fully saturated rings. The molecule has 0 saturated carbocycles. The first-order valence-electron chi connectivity index (χ1n) is 14.1. The van der Waals surface area contributed by atoms with Crippen LogP contribution >= 0.6 is 23.4 Å². The maximum Gasteiger partial charge on any atom is 0.267 e. The summed E-state index contributed by atoms with van der Waals surface area (Å²) in [5, 5.41) is 7.98. The predicted molar refractivity (Wildman–Crippen MR) is 181 cm³/mol. The van der Waals surface area contributed by atoms with Crippen molar-refractivity contribution in [1.82, 2.24) is 29.6 Å². The van der Waals surface area contributed by atoms with Crippen molar-refractivity contribution >= 4 is 68.5 Å². The summed E-state index contributed by atoms with van der Waals surface area (Å²) in [7, 11) is 0.149. The minimum absolute atomic E-state index is 0.0418. The van der Waals surface area contributed by atoms with Crippen LogP contribution in [0.3, 0.4) is 0 Å². The molecule has 0 aliphatic rings. The molecule has 3 heterocycles. The average Bonchev–Trinajstić information content (AvgIpc) is 3.36. The third-order valence-electron chi connectivity index (χ3n) is 7.46. The van der Waals surface area contributed by atoms with E-state index < -0.39 is 34.2 Å². The second-order valence-electron chi connectivity index (χ2n) is 10.5. The number of halogens is 3. The van der Waals surface area contributed by atoms with Gasteiger partial charge in [-0.05, 0) is 60.4 Å². The lowest BCUT2D eigenvalue weighted by molar-refractivity contribution is -0.110. The van der Waals surface area contributed by atoms with Gasteiger partial charge >= 0.3 is 0 Å². The van der Waals surface area contributed by atoms with E-state index >= 15 is 0 Å². The van der Waals surface area contributed by atoms with Crippen molar-refractivity contribution in [2.45, 2.75) is 17.4 Å². The molecule has 3 aromatic carbocycles. The van der Waals surface area contributed by atoms with Crippen molar-refractivity contribution in [3.8, 4) is 16.9 Å². The van der Waals surface area contributed by atoms with E-state index in [-0.39, 0.29) is 39.7 Å². The van der Waals surface area contributed by atoms with Gasteiger partial charge in [0.2, 0.25) is 6.41 Å². The summed E-state index contributed by atoms with van der Waals surface area (Å²) in [5.74, 6) is -1.32. The Morgan fingerprint density at radius 3 is 2.53 bits per heavy atom. The second kappa shape index (κ2) is 13.2. The van der Waals surface area contributed by atoms with Gasteiger partial charge in [-0.3, -0.25) is 23.6 Å². The number of aromatic nitrogens is 5. The van der Waals surface area contributed by atoms with E-state index in [9.17, 15) is 22.6 Å². The van der Waals surface area contributed by atoms with Crippen molar-refractivity contribution in [3.05, 3.63) is 105 Å². The number of nitrogens with one attached hydrogen (secondary N) is 2. The molecule has 2 unspecified atom stereocenters. The molecule has 0 bridgehead atoms. The molecule has 240 valence electrons. The zero-order chi connectivity index (χ0) is 33.4. The highest BCUT2D eigenvalue weighted by molar-refractivity contribution is 7.98. The van der Waals surface area contributed by atoms with E-state index in [1.54, 1.807) is 43.1 Å². The van der Waals surface area contributed by atoms with E-state index in [0.29, 0.717) is 28.7 Å². The number of pyridine rings is 1. The van der Waals surface area contributed by atoms with Gasteiger partial charge in [0.25, 0.3) is 5.56 Å². The van der Waals surface area contributed by atoms with Gasteiger partial charge in [0.1, 0.15) is 28.4 Å². The van der Waals surface area contributed by atoms with Crippen LogP contribution in [0.5, 0.6) is 0 Å². The van der Waals surface area contributed by atoms with E-state index in [1.807, 2.05) is 30.5 Å². The fourth-order valence-electron chi connectivity index (χ4n) is 5.51. The zero-order valence-corrected chi connectivity index (χ0v) is 27.5. The number of rotatable bonds is 10. The molecule has 0 aliphatic carbocycles. The summed E-state index contributed by atoms with van der Waals surface area (Å²) in [4.78, 5) is 37.1. The fraction of sp³-hybridized carbons (Fsp3) is 0.156. The normalized spacial score (nSPS) is 12.7. The quantitative estimate of drug-likeness (QED) is 0.139. The molecule has 1 amide bonds. The van der Waals surface area contributed by atoms with Gasteiger partial charge in [-0.1, -0.05) is 23.7 Å². The van der Waals surface area contributed by atoms with E-state index in [0.717, 1.165) is 28.7 Å². The van der Waals surface area contributed by atoms with Crippen LogP contribution in [-0.4, -0.2) is 47.4 Å². The zero-order valence-electron chi connectivity index (χ0n) is 25.1. The summed E-state index contributed by atoms with van der Waals surface area (Å²) in [5.41, 5.74) is 1.88. The number of fused-ring (bicyclic) bond motifs is 2. The number of hydrogen-bond donors (Lipinski definition) is 2. The fourth-order valence-corrected chi connectivity index (χ4v) is 6.63. The van der Waals surface area contributed by atoms with E-state index in [1.165, 1.54) is 15.5 Å². The Balaban J connectivity index is 1.65. The average molecular weight is 694 g/mol. The van der Waals surface area contributed by atoms with Gasteiger partial charge in [-0.2, -0.15) is 5.10 Å². The molecule has 3 aromatic heterocycles. The molecule has 0 saturated heterocycles. The molecule has 47 heavy (non-hydrogen) atoms. The lowest BCUT2D eigenvalue weighted by Crippen LogP contribution is -2.32. The summed E-state index contributed by atoms with van der Waals surface area (Å²) in [6, 6.07) is 16.3. The highest BCUT2D eigenvalue weighted by Crippen LogP contribution is 2.35. The second-order valence-corrected chi connectivity index (χ2v) is 12.9. The molecule has 15 heteroatoms. The van der Waals surface area contributed by atoms with Crippen LogP contribution < -0.4 is 15.6 Å². The number of aryl methyl sites for hydroxylation is 1. The number of hydrogen-bond acceptors (Lipinski definition) is 7. The maximum absolute atomic E-state index is 14.5. The number of benzene rings is 3. The first kappa shape index (κ1) is 32.3. The largest absolute Gasteiger partial charge is 0.348 e. The SMILES string of the molecule is CSc1cccc(-c2ccc3c(=O)n(-c4ccc(Cl)c5c(NS(C)=O)nn(C)c45)c(C(Cc4cc(F)cc(F)c4)NC=O)nc3n2)c1. The van der Waals surface area contributed by atoms with Gasteiger partial charge in [-0.25, -0.2) is 23.0 Å². The van der Waals surface area contributed by atoms with E-state index in [4.69, 9.17) is 21.6 Å². The number of nitrogens with zero attached hydrogens (tertiary/aromatic N) is 5. The Labute approximate surface area is 278 Å². The number of carbonyl (C=O) groups excluding carboxylic acids is 1. The minimum Gasteiger partial charge on any atom is -0.348 e. The van der Waals surface area contributed by atoms with Crippen LogP contribution in [0.15, 0.2) is 76.4 Å². The molecule has 6 aromatic rings. The highest BCUT2D eigenvalue weighted by atomic mass is 35.5. The topological polar surface area (TPSA) is 124 Å². The Kier molecular flexibility index (Phi) is 9.08. The van der Waals surface area contributed by atoms with Gasteiger partial charge in [0.05, 0.1) is 38.7 Å². The molecular weight excluding hydrogens is 668 g/mol. The van der Waals surface area contributed by atoms with Gasteiger partial charge < -0.3 is 5.32 Å².